The number of ether oxygens (including phenoxy) is 1. The van der Waals surface area contributed by atoms with Gasteiger partial charge in [0.2, 0.25) is 15.9 Å². The summed E-state index contributed by atoms with van der Waals surface area (Å²) >= 11 is 0. The van der Waals surface area contributed by atoms with Gasteiger partial charge in [-0.3, -0.25) is 9.52 Å². The molecule has 1 amide bonds. The molecule has 8 nitrogen and oxygen atoms in total. The van der Waals surface area contributed by atoms with Crippen molar-refractivity contribution in [1.82, 2.24) is 0 Å². The van der Waals surface area contributed by atoms with Crippen molar-refractivity contribution in [2.75, 3.05) is 21.9 Å². The summed E-state index contributed by atoms with van der Waals surface area (Å²) in [6, 6.07) is 11.4. The molecule has 0 aromatic heterocycles. The lowest BCUT2D eigenvalue weighted by Gasteiger charge is -2.15. The van der Waals surface area contributed by atoms with E-state index in [4.69, 9.17) is 4.74 Å². The number of benzene rings is 2. The zero-order valence-electron chi connectivity index (χ0n) is 13.7. The third-order valence-electron chi connectivity index (χ3n) is 3.80. The highest BCUT2D eigenvalue weighted by Crippen LogP contribution is 2.27. The lowest BCUT2D eigenvalue weighted by Crippen LogP contribution is -2.29. The highest BCUT2D eigenvalue weighted by atomic mass is 32.2. The molecule has 1 heterocycles. The first kappa shape index (κ1) is 18.2. The first-order valence-electron chi connectivity index (χ1n) is 7.56. The molecule has 0 unspecified atom stereocenters. The smallest absolute Gasteiger partial charge is 0.261 e. The Balaban J connectivity index is 1.84. The number of methoxy groups -OCH3 is 1. The van der Waals surface area contributed by atoms with Crippen LogP contribution >= 0.6 is 0 Å². The summed E-state index contributed by atoms with van der Waals surface area (Å²) in [6.45, 7) is 0. The molecule has 1 aliphatic rings. The minimum absolute atomic E-state index is 0.0545. The topological polar surface area (TPSA) is 110 Å². The van der Waals surface area contributed by atoms with Crippen LogP contribution in [-0.2, 0) is 24.8 Å². The fourth-order valence-electron chi connectivity index (χ4n) is 2.50. The van der Waals surface area contributed by atoms with Crippen LogP contribution in [0.5, 0.6) is 5.75 Å². The molecular weight excluding hydrogens is 380 g/mol. The number of carbonyl (C=O) groups is 1. The lowest BCUT2D eigenvalue weighted by molar-refractivity contribution is -0.116. The molecule has 138 valence electrons. The maximum Gasteiger partial charge on any atom is 0.261 e. The molecule has 0 atom stereocenters. The van der Waals surface area contributed by atoms with Crippen molar-refractivity contribution in [3.8, 4) is 5.75 Å². The van der Waals surface area contributed by atoms with Gasteiger partial charge in [-0.2, -0.15) is 0 Å². The van der Waals surface area contributed by atoms with Gasteiger partial charge in [-0.25, -0.2) is 21.1 Å². The fraction of sp³-hybridized carbons (Fsp3) is 0.188. The zero-order valence-corrected chi connectivity index (χ0v) is 15.4. The lowest BCUT2D eigenvalue weighted by atomic mass is 10.3. The van der Waals surface area contributed by atoms with Gasteiger partial charge in [0, 0.05) is 12.1 Å². The van der Waals surface area contributed by atoms with Gasteiger partial charge in [0.15, 0.2) is 0 Å². The Morgan fingerprint density at radius 1 is 1.04 bits per heavy atom. The number of sulfonamides is 2. The fourth-order valence-corrected chi connectivity index (χ4v) is 5.02. The first-order chi connectivity index (χ1) is 12.2. The summed E-state index contributed by atoms with van der Waals surface area (Å²) in [7, 11) is -6.04. The molecule has 2 aromatic rings. The van der Waals surface area contributed by atoms with E-state index < -0.39 is 26.0 Å². The number of anilines is 2. The summed E-state index contributed by atoms with van der Waals surface area (Å²) in [4.78, 5) is 11.7. The highest BCUT2D eigenvalue weighted by molar-refractivity contribution is 7.94. The maximum atomic E-state index is 12.4. The van der Waals surface area contributed by atoms with Gasteiger partial charge in [-0.05, 0) is 48.5 Å². The van der Waals surface area contributed by atoms with Crippen LogP contribution in [0, 0.1) is 0 Å². The monoisotopic (exact) mass is 396 g/mol. The van der Waals surface area contributed by atoms with Crippen molar-refractivity contribution in [1.29, 1.82) is 0 Å². The molecule has 0 aliphatic carbocycles. The van der Waals surface area contributed by atoms with E-state index in [9.17, 15) is 21.6 Å². The van der Waals surface area contributed by atoms with Crippen molar-refractivity contribution in [3.05, 3.63) is 48.5 Å². The maximum absolute atomic E-state index is 12.4. The molecule has 3 rings (SSSR count). The number of carbonyl (C=O) groups excluding carboxylic acids is 1. The van der Waals surface area contributed by atoms with Gasteiger partial charge in [0.05, 0.1) is 23.4 Å². The summed E-state index contributed by atoms with van der Waals surface area (Å²) in [5.74, 6) is -0.184. The van der Waals surface area contributed by atoms with E-state index in [1.807, 2.05) is 0 Å². The Kier molecular flexibility index (Phi) is 4.63. The molecule has 1 N–H and O–H groups in total. The van der Waals surface area contributed by atoms with E-state index in [0.717, 1.165) is 0 Å². The molecule has 10 heteroatoms. The Bertz CT molecular complexity index is 1030. The number of amides is 1. The minimum atomic E-state index is -3.86. The van der Waals surface area contributed by atoms with Crippen molar-refractivity contribution < 1.29 is 26.4 Å². The number of hydrogen-bond acceptors (Lipinski definition) is 6. The van der Waals surface area contributed by atoms with E-state index >= 15 is 0 Å². The van der Waals surface area contributed by atoms with Gasteiger partial charge in [-0.1, -0.05) is 0 Å². The van der Waals surface area contributed by atoms with Gasteiger partial charge < -0.3 is 4.74 Å². The Morgan fingerprint density at radius 2 is 1.65 bits per heavy atom. The minimum Gasteiger partial charge on any atom is -0.497 e. The second-order valence-corrected chi connectivity index (χ2v) is 9.17. The average Bonchev–Trinajstić information content (AvgIpc) is 2.88. The van der Waals surface area contributed by atoms with Crippen LogP contribution in [0.1, 0.15) is 6.42 Å². The number of rotatable bonds is 5. The Labute approximate surface area is 151 Å². The van der Waals surface area contributed by atoms with Crippen molar-refractivity contribution in [2.24, 2.45) is 0 Å². The molecule has 2 aromatic carbocycles. The van der Waals surface area contributed by atoms with E-state index in [1.54, 1.807) is 24.3 Å². The third-order valence-corrected chi connectivity index (χ3v) is 6.89. The summed E-state index contributed by atoms with van der Waals surface area (Å²) in [5, 5.41) is 0. The number of nitrogens with zero attached hydrogens (tertiary/aromatic N) is 1. The summed E-state index contributed by atoms with van der Waals surface area (Å²) in [6.07, 6.45) is -0.0819. The Hall–Kier alpha value is -2.59. The summed E-state index contributed by atoms with van der Waals surface area (Å²) < 4.78 is 56.8. The van der Waals surface area contributed by atoms with Crippen LogP contribution in [0.3, 0.4) is 0 Å². The van der Waals surface area contributed by atoms with Crippen LogP contribution in [0.4, 0.5) is 11.4 Å². The molecule has 26 heavy (non-hydrogen) atoms. The van der Waals surface area contributed by atoms with Crippen LogP contribution in [0.25, 0.3) is 0 Å². The highest BCUT2D eigenvalue weighted by Gasteiger charge is 2.36. The summed E-state index contributed by atoms with van der Waals surface area (Å²) in [5.41, 5.74) is 0.475. The average molecular weight is 396 g/mol. The molecular formula is C16H16N2O6S2. The van der Waals surface area contributed by atoms with Crippen LogP contribution in [-0.4, -0.2) is 35.6 Å². The first-order valence-corrected chi connectivity index (χ1v) is 10.6. The second kappa shape index (κ2) is 6.61. The molecule has 1 saturated heterocycles. The van der Waals surface area contributed by atoms with Gasteiger partial charge in [0.25, 0.3) is 10.0 Å². The predicted octanol–water partition coefficient (Wildman–Crippen LogP) is 1.56. The molecule has 1 fully saturated rings. The SMILES string of the molecule is COc1ccc(NS(=O)(=O)c2ccc(N3C(=O)CCS3(=O)=O)cc2)cc1. The van der Waals surface area contributed by atoms with Crippen LogP contribution in [0.15, 0.2) is 53.4 Å². The van der Waals surface area contributed by atoms with Crippen LogP contribution in [0.2, 0.25) is 0 Å². The van der Waals surface area contributed by atoms with E-state index in [1.165, 1.54) is 31.4 Å². The van der Waals surface area contributed by atoms with Crippen LogP contribution < -0.4 is 13.8 Å². The van der Waals surface area contributed by atoms with Gasteiger partial charge in [0.1, 0.15) is 5.75 Å². The zero-order chi connectivity index (χ0) is 18.9. The van der Waals surface area contributed by atoms with Crippen molar-refractivity contribution in [3.63, 3.8) is 0 Å². The molecule has 0 saturated carbocycles. The standard InChI is InChI=1S/C16H16N2O6S2/c1-24-14-6-2-12(3-7-14)17-26(22,23)15-8-4-13(5-9-15)18-16(19)10-11-25(18,20)21/h2-9,17H,10-11H2,1H3. The van der Waals surface area contributed by atoms with Gasteiger partial charge in [-0.15, -0.1) is 0 Å². The van der Waals surface area contributed by atoms with Crippen molar-refractivity contribution in [2.45, 2.75) is 11.3 Å². The largest absolute Gasteiger partial charge is 0.497 e. The Morgan fingerprint density at radius 3 is 2.15 bits per heavy atom. The quantitative estimate of drug-likeness (QED) is 0.821. The number of hydrogen-bond donors (Lipinski definition) is 1. The van der Waals surface area contributed by atoms with E-state index in [-0.39, 0.29) is 22.8 Å². The molecule has 0 radical (unpaired) electrons. The number of nitrogens with one attached hydrogen (secondary N) is 1. The normalized spacial score (nSPS) is 16.5. The molecule has 1 aliphatic heterocycles. The third kappa shape index (κ3) is 3.51. The second-order valence-electron chi connectivity index (χ2n) is 5.55. The van der Waals surface area contributed by atoms with E-state index in [0.29, 0.717) is 15.7 Å². The van der Waals surface area contributed by atoms with Crippen molar-refractivity contribution >= 4 is 37.3 Å². The predicted molar refractivity (Wildman–Crippen MR) is 96.1 cm³/mol. The molecule has 0 spiro atoms. The van der Waals surface area contributed by atoms with Gasteiger partial charge >= 0.3 is 0 Å². The van der Waals surface area contributed by atoms with E-state index in [2.05, 4.69) is 4.72 Å². The molecule has 0 bridgehead atoms.